The van der Waals surface area contributed by atoms with Crippen molar-refractivity contribution in [1.29, 1.82) is 0 Å². The number of hydrogen-bond acceptors (Lipinski definition) is 4. The van der Waals surface area contributed by atoms with Gasteiger partial charge in [0, 0.05) is 38.2 Å². The fourth-order valence-corrected chi connectivity index (χ4v) is 1.67. The summed E-state index contributed by atoms with van der Waals surface area (Å²) in [7, 11) is 3.44. The minimum atomic E-state index is -0.210. The molecule has 0 unspecified atom stereocenters. The van der Waals surface area contributed by atoms with Gasteiger partial charge in [0.2, 0.25) is 0 Å². The molecule has 0 atom stereocenters. The van der Waals surface area contributed by atoms with Gasteiger partial charge in [-0.1, -0.05) is 0 Å². The van der Waals surface area contributed by atoms with E-state index in [4.69, 9.17) is 4.74 Å². The van der Waals surface area contributed by atoms with Gasteiger partial charge in [-0.15, -0.1) is 0 Å². The summed E-state index contributed by atoms with van der Waals surface area (Å²) in [6.07, 6.45) is 3.45. The van der Waals surface area contributed by atoms with Crippen LogP contribution in [-0.4, -0.2) is 32.6 Å². The monoisotopic (exact) mass is 263 g/mol. The smallest absolute Gasteiger partial charge is 0.272 e. The Morgan fingerprint density at radius 3 is 2.95 bits per heavy atom. The highest BCUT2D eigenvalue weighted by Crippen LogP contribution is 2.05. The molecule has 0 aliphatic rings. The highest BCUT2D eigenvalue weighted by molar-refractivity contribution is 5.92. The van der Waals surface area contributed by atoms with E-state index in [2.05, 4.69) is 15.5 Å². The van der Waals surface area contributed by atoms with E-state index < -0.39 is 0 Å². The van der Waals surface area contributed by atoms with Crippen molar-refractivity contribution < 1.29 is 9.53 Å². The van der Waals surface area contributed by atoms with Gasteiger partial charge in [0.25, 0.3) is 5.91 Å². The lowest BCUT2D eigenvalue weighted by atomic mass is 10.2. The standard InChI is InChI=1S/C12H17N5O2/c1-9-10(7-14-16(9)2)6-13-12(18)11-4-5-17(15-11)8-19-3/h4-5,7H,6,8H2,1-3H3,(H,13,18). The number of ether oxygens (including phenoxy) is 1. The highest BCUT2D eigenvalue weighted by atomic mass is 16.5. The molecule has 0 saturated carbocycles. The van der Waals surface area contributed by atoms with Crippen LogP contribution in [-0.2, 0) is 25.1 Å². The third-order valence-electron chi connectivity index (χ3n) is 2.91. The topological polar surface area (TPSA) is 74.0 Å². The Balaban J connectivity index is 1.95. The van der Waals surface area contributed by atoms with Crippen molar-refractivity contribution in [3.05, 3.63) is 35.4 Å². The fraction of sp³-hybridized carbons (Fsp3) is 0.417. The van der Waals surface area contributed by atoms with Crippen LogP contribution in [0.1, 0.15) is 21.7 Å². The van der Waals surface area contributed by atoms with E-state index in [1.165, 1.54) is 0 Å². The minimum Gasteiger partial charge on any atom is -0.362 e. The molecule has 0 bridgehead atoms. The molecule has 7 heteroatoms. The summed E-state index contributed by atoms with van der Waals surface area (Å²) in [5.74, 6) is -0.210. The zero-order valence-electron chi connectivity index (χ0n) is 11.3. The number of carbonyl (C=O) groups excluding carboxylic acids is 1. The lowest BCUT2D eigenvalue weighted by molar-refractivity contribution is 0.0938. The van der Waals surface area contributed by atoms with Gasteiger partial charge in [-0.25, -0.2) is 4.68 Å². The SMILES string of the molecule is COCn1ccc(C(=O)NCc2cnn(C)c2C)n1. The maximum absolute atomic E-state index is 11.9. The van der Waals surface area contributed by atoms with Crippen molar-refractivity contribution in [2.45, 2.75) is 20.2 Å². The summed E-state index contributed by atoms with van der Waals surface area (Å²) in [6.45, 7) is 2.73. The van der Waals surface area contributed by atoms with Crippen molar-refractivity contribution in [2.75, 3.05) is 7.11 Å². The first kappa shape index (κ1) is 13.3. The summed E-state index contributed by atoms with van der Waals surface area (Å²) in [5.41, 5.74) is 2.40. The Kier molecular flexibility index (Phi) is 3.96. The first-order valence-corrected chi connectivity index (χ1v) is 5.90. The maximum atomic E-state index is 11.9. The number of hydrogen-bond donors (Lipinski definition) is 1. The Hall–Kier alpha value is -2.15. The molecular weight excluding hydrogens is 246 g/mol. The van der Waals surface area contributed by atoms with E-state index in [0.29, 0.717) is 19.0 Å². The molecule has 1 N–H and O–H groups in total. The number of amides is 1. The van der Waals surface area contributed by atoms with Gasteiger partial charge in [-0.3, -0.25) is 9.48 Å². The summed E-state index contributed by atoms with van der Waals surface area (Å²) >= 11 is 0. The third kappa shape index (κ3) is 3.00. The summed E-state index contributed by atoms with van der Waals surface area (Å²) in [6, 6.07) is 1.66. The molecule has 0 aromatic carbocycles. The second-order valence-corrected chi connectivity index (χ2v) is 4.22. The first-order valence-electron chi connectivity index (χ1n) is 5.90. The number of carbonyl (C=O) groups is 1. The van der Waals surface area contributed by atoms with Gasteiger partial charge in [-0.2, -0.15) is 10.2 Å². The van der Waals surface area contributed by atoms with Crippen LogP contribution < -0.4 is 5.32 Å². The molecule has 19 heavy (non-hydrogen) atoms. The van der Waals surface area contributed by atoms with Crippen LogP contribution in [0.2, 0.25) is 0 Å². The lowest BCUT2D eigenvalue weighted by Gasteiger charge is -2.03. The van der Waals surface area contributed by atoms with Gasteiger partial charge < -0.3 is 10.1 Å². The predicted molar refractivity (Wildman–Crippen MR) is 68.4 cm³/mol. The summed E-state index contributed by atoms with van der Waals surface area (Å²) in [5, 5.41) is 11.0. The van der Waals surface area contributed by atoms with Crippen molar-refractivity contribution >= 4 is 5.91 Å². The zero-order valence-corrected chi connectivity index (χ0v) is 11.3. The Morgan fingerprint density at radius 1 is 1.53 bits per heavy atom. The van der Waals surface area contributed by atoms with Crippen LogP contribution in [0.5, 0.6) is 0 Å². The van der Waals surface area contributed by atoms with Gasteiger partial charge in [0.05, 0.1) is 6.20 Å². The molecule has 2 rings (SSSR count). The zero-order chi connectivity index (χ0) is 13.8. The molecule has 0 radical (unpaired) electrons. The van der Waals surface area contributed by atoms with Crippen LogP contribution in [0.15, 0.2) is 18.5 Å². The molecule has 1 amide bonds. The van der Waals surface area contributed by atoms with Crippen molar-refractivity contribution in [2.24, 2.45) is 7.05 Å². The van der Waals surface area contributed by atoms with Crippen LogP contribution in [0.3, 0.4) is 0 Å². The number of aromatic nitrogens is 4. The predicted octanol–water partition coefficient (Wildman–Crippen LogP) is 0.459. The van der Waals surface area contributed by atoms with E-state index in [1.54, 1.807) is 34.9 Å². The van der Waals surface area contributed by atoms with Crippen molar-refractivity contribution in [3.8, 4) is 0 Å². The molecule has 102 valence electrons. The Bertz CT molecular complexity index is 572. The van der Waals surface area contributed by atoms with Gasteiger partial charge in [-0.05, 0) is 13.0 Å². The van der Waals surface area contributed by atoms with Gasteiger partial charge >= 0.3 is 0 Å². The van der Waals surface area contributed by atoms with Crippen LogP contribution in [0.25, 0.3) is 0 Å². The highest BCUT2D eigenvalue weighted by Gasteiger charge is 2.10. The number of aryl methyl sites for hydroxylation is 1. The molecule has 0 aliphatic heterocycles. The van der Waals surface area contributed by atoms with Crippen LogP contribution in [0.4, 0.5) is 0 Å². The lowest BCUT2D eigenvalue weighted by Crippen LogP contribution is -2.23. The number of methoxy groups -OCH3 is 1. The minimum absolute atomic E-state index is 0.210. The van der Waals surface area contributed by atoms with Crippen molar-refractivity contribution in [1.82, 2.24) is 24.9 Å². The second-order valence-electron chi connectivity index (χ2n) is 4.22. The maximum Gasteiger partial charge on any atom is 0.272 e. The van der Waals surface area contributed by atoms with Gasteiger partial charge in [0.1, 0.15) is 12.4 Å². The number of nitrogens with zero attached hydrogens (tertiary/aromatic N) is 4. The molecule has 0 saturated heterocycles. The van der Waals surface area contributed by atoms with Crippen LogP contribution >= 0.6 is 0 Å². The van der Waals surface area contributed by atoms with E-state index in [1.807, 2.05) is 14.0 Å². The van der Waals surface area contributed by atoms with Crippen molar-refractivity contribution in [3.63, 3.8) is 0 Å². The van der Waals surface area contributed by atoms with E-state index in [-0.39, 0.29) is 5.91 Å². The average molecular weight is 263 g/mol. The average Bonchev–Trinajstić information content (AvgIpc) is 2.97. The molecular formula is C12H17N5O2. The molecule has 0 aliphatic carbocycles. The normalized spacial score (nSPS) is 10.7. The Labute approximate surface area is 111 Å². The van der Waals surface area contributed by atoms with Crippen LogP contribution in [0, 0.1) is 6.92 Å². The third-order valence-corrected chi connectivity index (χ3v) is 2.91. The fourth-order valence-electron chi connectivity index (χ4n) is 1.67. The molecule has 2 heterocycles. The first-order chi connectivity index (χ1) is 9.11. The van der Waals surface area contributed by atoms with Gasteiger partial charge in [0.15, 0.2) is 0 Å². The van der Waals surface area contributed by atoms with E-state index in [9.17, 15) is 4.79 Å². The molecule has 0 spiro atoms. The Morgan fingerprint density at radius 2 is 2.32 bits per heavy atom. The molecule has 2 aromatic heterocycles. The quantitative estimate of drug-likeness (QED) is 0.850. The molecule has 7 nitrogen and oxygen atoms in total. The largest absolute Gasteiger partial charge is 0.362 e. The number of nitrogens with one attached hydrogen (secondary N) is 1. The van der Waals surface area contributed by atoms with E-state index in [0.717, 1.165) is 11.3 Å². The summed E-state index contributed by atoms with van der Waals surface area (Å²) < 4.78 is 8.26. The molecule has 0 fully saturated rings. The van der Waals surface area contributed by atoms with E-state index >= 15 is 0 Å². The number of rotatable bonds is 5. The molecule has 2 aromatic rings. The summed E-state index contributed by atoms with van der Waals surface area (Å²) in [4.78, 5) is 11.9. The second kappa shape index (κ2) is 5.66.